The lowest BCUT2D eigenvalue weighted by Gasteiger charge is -2.30. The highest BCUT2D eigenvalue weighted by Gasteiger charge is 2.29. The molecule has 0 unspecified atom stereocenters. The van der Waals surface area contributed by atoms with Gasteiger partial charge in [-0.3, -0.25) is 4.98 Å². The predicted molar refractivity (Wildman–Crippen MR) is 115 cm³/mol. The van der Waals surface area contributed by atoms with Crippen molar-refractivity contribution in [1.29, 1.82) is 5.26 Å². The van der Waals surface area contributed by atoms with Gasteiger partial charge in [0.25, 0.3) is 0 Å². The molecule has 2 fully saturated rings. The second-order valence-corrected chi connectivity index (χ2v) is 8.77. The third-order valence-electron chi connectivity index (χ3n) is 6.44. The van der Waals surface area contributed by atoms with Crippen LogP contribution >= 0.6 is 0 Å². The molecular formula is C24H23N5O2. The molecule has 3 aromatic heterocycles. The Balaban J connectivity index is 1.53. The first kappa shape index (κ1) is 18.5. The molecule has 1 saturated heterocycles. The van der Waals surface area contributed by atoms with Crippen molar-refractivity contribution in [3.05, 3.63) is 53.3 Å². The van der Waals surface area contributed by atoms with Gasteiger partial charge in [-0.1, -0.05) is 5.16 Å². The quantitative estimate of drug-likeness (QED) is 0.484. The topological polar surface area (TPSA) is 89.8 Å². The molecular weight excluding hydrogens is 390 g/mol. The van der Waals surface area contributed by atoms with Crippen LogP contribution in [0.2, 0.25) is 0 Å². The Labute approximate surface area is 179 Å². The smallest absolute Gasteiger partial charge is 0.140 e. The van der Waals surface area contributed by atoms with E-state index in [9.17, 15) is 5.26 Å². The van der Waals surface area contributed by atoms with E-state index in [1.807, 2.05) is 24.4 Å². The van der Waals surface area contributed by atoms with Crippen LogP contribution in [-0.2, 0) is 11.2 Å². The highest BCUT2D eigenvalue weighted by molar-refractivity contribution is 6.02. The molecule has 156 valence electrons. The molecule has 1 aliphatic heterocycles. The van der Waals surface area contributed by atoms with Gasteiger partial charge in [0.1, 0.15) is 17.1 Å². The SMILES string of the molecule is C[C@@H]1C[C@H](n2c(Cc3cc(C4CC4)on3)nc3cnc4ccc(C#N)cc4c32)CCO1. The van der Waals surface area contributed by atoms with Crippen LogP contribution in [0.4, 0.5) is 0 Å². The fourth-order valence-electron chi connectivity index (χ4n) is 4.76. The minimum Gasteiger partial charge on any atom is -0.378 e. The van der Waals surface area contributed by atoms with Crippen molar-refractivity contribution in [3.63, 3.8) is 0 Å². The molecule has 7 nitrogen and oxygen atoms in total. The number of imidazole rings is 1. The summed E-state index contributed by atoms with van der Waals surface area (Å²) in [5.41, 5.74) is 4.30. The van der Waals surface area contributed by atoms with E-state index < -0.39 is 0 Å². The van der Waals surface area contributed by atoms with Crippen LogP contribution in [0.1, 0.15) is 67.4 Å². The largest absolute Gasteiger partial charge is 0.378 e. The van der Waals surface area contributed by atoms with Crippen LogP contribution in [-0.4, -0.2) is 32.4 Å². The zero-order chi connectivity index (χ0) is 20.9. The number of nitrogens with zero attached hydrogens (tertiary/aromatic N) is 5. The number of benzene rings is 1. The van der Waals surface area contributed by atoms with Crippen molar-refractivity contribution in [3.8, 4) is 6.07 Å². The molecule has 2 aliphatic rings. The second-order valence-electron chi connectivity index (χ2n) is 8.77. The predicted octanol–water partition coefficient (Wildman–Crippen LogP) is 4.65. The third-order valence-corrected chi connectivity index (χ3v) is 6.44. The minimum absolute atomic E-state index is 0.195. The average molecular weight is 413 g/mol. The maximum absolute atomic E-state index is 9.45. The molecule has 1 saturated carbocycles. The fraction of sp³-hybridized carbons (Fsp3) is 0.417. The summed E-state index contributed by atoms with van der Waals surface area (Å²) in [7, 11) is 0. The molecule has 0 radical (unpaired) electrons. The Morgan fingerprint density at radius 2 is 2.10 bits per heavy atom. The number of aromatic nitrogens is 4. The van der Waals surface area contributed by atoms with E-state index in [2.05, 4.69) is 33.8 Å². The molecule has 0 spiro atoms. The van der Waals surface area contributed by atoms with Gasteiger partial charge in [-0.15, -0.1) is 0 Å². The summed E-state index contributed by atoms with van der Waals surface area (Å²) < 4.78 is 13.8. The molecule has 0 amide bonds. The van der Waals surface area contributed by atoms with Gasteiger partial charge in [0, 0.05) is 30.0 Å². The number of rotatable bonds is 4. The van der Waals surface area contributed by atoms with Crippen molar-refractivity contribution in [2.75, 3.05) is 6.61 Å². The lowest BCUT2D eigenvalue weighted by atomic mass is 10.0. The van der Waals surface area contributed by atoms with E-state index in [1.165, 1.54) is 12.8 Å². The lowest BCUT2D eigenvalue weighted by Crippen LogP contribution is -2.26. The van der Waals surface area contributed by atoms with Crippen molar-refractivity contribution in [2.24, 2.45) is 0 Å². The highest BCUT2D eigenvalue weighted by Crippen LogP contribution is 2.40. The Morgan fingerprint density at radius 3 is 2.90 bits per heavy atom. The summed E-state index contributed by atoms with van der Waals surface area (Å²) in [5.74, 6) is 2.48. The van der Waals surface area contributed by atoms with Crippen LogP contribution in [0.5, 0.6) is 0 Å². The van der Waals surface area contributed by atoms with Crippen molar-refractivity contribution in [2.45, 2.75) is 57.1 Å². The van der Waals surface area contributed by atoms with Gasteiger partial charge in [-0.25, -0.2) is 4.98 Å². The Hall–Kier alpha value is -3.24. The van der Waals surface area contributed by atoms with E-state index in [-0.39, 0.29) is 12.1 Å². The van der Waals surface area contributed by atoms with Gasteiger partial charge in [0.2, 0.25) is 0 Å². The Morgan fingerprint density at radius 1 is 1.19 bits per heavy atom. The summed E-state index contributed by atoms with van der Waals surface area (Å²) in [6, 6.07) is 10.3. The molecule has 6 rings (SSSR count). The molecule has 0 N–H and O–H groups in total. The van der Waals surface area contributed by atoms with Gasteiger partial charge in [-0.05, 0) is 50.8 Å². The summed E-state index contributed by atoms with van der Waals surface area (Å²) in [4.78, 5) is 9.58. The van der Waals surface area contributed by atoms with E-state index in [4.69, 9.17) is 14.2 Å². The zero-order valence-electron chi connectivity index (χ0n) is 17.4. The highest BCUT2D eigenvalue weighted by atomic mass is 16.5. The van der Waals surface area contributed by atoms with Crippen LogP contribution in [0, 0.1) is 11.3 Å². The van der Waals surface area contributed by atoms with Crippen LogP contribution in [0.3, 0.4) is 0 Å². The normalized spacial score (nSPS) is 21.5. The summed E-state index contributed by atoms with van der Waals surface area (Å²) in [6.45, 7) is 2.85. The number of fused-ring (bicyclic) bond motifs is 3. The third kappa shape index (κ3) is 3.28. The maximum Gasteiger partial charge on any atom is 0.140 e. The first-order chi connectivity index (χ1) is 15.2. The molecule has 1 aromatic carbocycles. The van der Waals surface area contributed by atoms with Crippen LogP contribution in [0.25, 0.3) is 21.9 Å². The Kier molecular flexibility index (Phi) is 4.29. The van der Waals surface area contributed by atoms with Crippen molar-refractivity contribution in [1.82, 2.24) is 19.7 Å². The van der Waals surface area contributed by atoms with E-state index in [0.29, 0.717) is 17.9 Å². The monoisotopic (exact) mass is 413 g/mol. The molecule has 1 aliphatic carbocycles. The first-order valence-electron chi connectivity index (χ1n) is 11.0. The molecule has 2 atom stereocenters. The minimum atomic E-state index is 0.195. The zero-order valence-corrected chi connectivity index (χ0v) is 17.4. The summed E-state index contributed by atoms with van der Waals surface area (Å²) in [6.07, 6.45) is 6.86. The molecule has 4 heterocycles. The first-order valence-corrected chi connectivity index (χ1v) is 11.0. The summed E-state index contributed by atoms with van der Waals surface area (Å²) >= 11 is 0. The standard InChI is InChI=1S/C24H23N5O2/c1-14-8-18(6-7-30-14)29-23(11-17-10-22(31-28-17)16-3-4-16)27-21-13-26-20-5-2-15(12-25)9-19(20)24(21)29/h2,5,9-10,13-14,16,18H,3-4,6-8,11H2,1H3/t14-,18-/m1/s1. The number of pyridine rings is 1. The van der Waals surface area contributed by atoms with E-state index >= 15 is 0 Å². The maximum atomic E-state index is 9.45. The number of hydrogen-bond acceptors (Lipinski definition) is 6. The van der Waals surface area contributed by atoms with Gasteiger partial charge in [-0.2, -0.15) is 5.26 Å². The molecule has 31 heavy (non-hydrogen) atoms. The number of hydrogen-bond donors (Lipinski definition) is 0. The number of ether oxygens (including phenoxy) is 1. The van der Waals surface area contributed by atoms with Gasteiger partial charge in [0.05, 0.1) is 47.1 Å². The molecule has 0 bridgehead atoms. The fourth-order valence-corrected chi connectivity index (χ4v) is 4.76. The van der Waals surface area contributed by atoms with Crippen molar-refractivity contribution >= 4 is 21.9 Å². The van der Waals surface area contributed by atoms with Gasteiger partial charge < -0.3 is 13.8 Å². The average Bonchev–Trinajstić information content (AvgIpc) is 3.42. The lowest BCUT2D eigenvalue weighted by molar-refractivity contribution is 0.00630. The van der Waals surface area contributed by atoms with E-state index in [1.54, 1.807) is 0 Å². The Bertz CT molecular complexity index is 1330. The molecule has 4 aromatic rings. The van der Waals surface area contributed by atoms with E-state index in [0.717, 1.165) is 58.7 Å². The van der Waals surface area contributed by atoms with Crippen LogP contribution < -0.4 is 0 Å². The van der Waals surface area contributed by atoms with Crippen molar-refractivity contribution < 1.29 is 9.26 Å². The van der Waals surface area contributed by atoms with Gasteiger partial charge >= 0.3 is 0 Å². The van der Waals surface area contributed by atoms with Crippen LogP contribution in [0.15, 0.2) is 35.0 Å². The second kappa shape index (κ2) is 7.17. The molecule has 7 heteroatoms. The van der Waals surface area contributed by atoms with Gasteiger partial charge in [0.15, 0.2) is 0 Å². The number of nitriles is 1. The summed E-state index contributed by atoms with van der Waals surface area (Å²) in [5, 5.41) is 14.7.